The zero-order chi connectivity index (χ0) is 15.1. The Labute approximate surface area is 128 Å². The zero-order valence-corrected chi connectivity index (χ0v) is 13.9. The fourth-order valence-corrected chi connectivity index (χ4v) is 2.51. The summed E-state index contributed by atoms with van der Waals surface area (Å²) in [6.45, 7) is 6.95. The number of nitrogens with one attached hydrogen (secondary N) is 1. The maximum atomic E-state index is 10.8. The molecule has 1 rings (SSSR count). The van der Waals surface area contributed by atoms with E-state index < -0.39 is 4.92 Å². The predicted molar refractivity (Wildman–Crippen MR) is 85.1 cm³/mol. The molecule has 0 bridgehead atoms. The summed E-state index contributed by atoms with van der Waals surface area (Å²) in [7, 11) is 0. The van der Waals surface area contributed by atoms with E-state index in [1.165, 1.54) is 25.5 Å². The van der Waals surface area contributed by atoms with E-state index in [-0.39, 0.29) is 5.69 Å². The molecule has 0 amide bonds. The van der Waals surface area contributed by atoms with Crippen molar-refractivity contribution >= 4 is 27.4 Å². The zero-order valence-electron chi connectivity index (χ0n) is 12.3. The molecule has 0 saturated carbocycles. The van der Waals surface area contributed by atoms with Crippen LogP contribution in [0.2, 0.25) is 0 Å². The monoisotopic (exact) mass is 343 g/mol. The highest BCUT2D eigenvalue weighted by molar-refractivity contribution is 9.10. The first kappa shape index (κ1) is 16.9. The first-order chi connectivity index (χ1) is 9.51. The molecule has 1 aromatic heterocycles. The SMILES string of the molecule is CCCCC(CC)CNc1ncc([N+](=O)[O-])c(C)c1Br. The van der Waals surface area contributed by atoms with Crippen molar-refractivity contribution in [2.45, 2.75) is 46.5 Å². The lowest BCUT2D eigenvalue weighted by atomic mass is 9.99. The Morgan fingerprint density at radius 1 is 1.50 bits per heavy atom. The van der Waals surface area contributed by atoms with Gasteiger partial charge in [0.05, 0.1) is 9.40 Å². The Balaban J connectivity index is 2.73. The second-order valence-corrected chi connectivity index (χ2v) is 5.78. The van der Waals surface area contributed by atoms with Gasteiger partial charge < -0.3 is 5.32 Å². The molecule has 1 N–H and O–H groups in total. The normalized spacial score (nSPS) is 12.2. The van der Waals surface area contributed by atoms with Crippen LogP contribution < -0.4 is 5.32 Å². The maximum Gasteiger partial charge on any atom is 0.291 e. The van der Waals surface area contributed by atoms with Gasteiger partial charge in [0, 0.05) is 12.1 Å². The van der Waals surface area contributed by atoms with Gasteiger partial charge in [0.1, 0.15) is 12.0 Å². The van der Waals surface area contributed by atoms with Crippen LogP contribution in [0.1, 0.15) is 45.1 Å². The number of anilines is 1. The first-order valence-corrected chi connectivity index (χ1v) is 7.83. The van der Waals surface area contributed by atoms with Crippen LogP contribution in [0.5, 0.6) is 0 Å². The third kappa shape index (κ3) is 4.44. The highest BCUT2D eigenvalue weighted by Crippen LogP contribution is 2.30. The highest BCUT2D eigenvalue weighted by Gasteiger charge is 2.17. The standard InChI is InChI=1S/C14H22BrN3O2/c1-4-6-7-11(5-2)8-16-14-13(15)10(3)12(9-17-14)18(19)20/h9,11H,4-8H2,1-3H3,(H,16,17). The van der Waals surface area contributed by atoms with Gasteiger partial charge in [-0.25, -0.2) is 4.98 Å². The number of hydrogen-bond acceptors (Lipinski definition) is 4. The summed E-state index contributed by atoms with van der Waals surface area (Å²) in [5.41, 5.74) is 0.648. The molecule has 1 heterocycles. The van der Waals surface area contributed by atoms with Crippen LogP contribution in [0.3, 0.4) is 0 Å². The average molecular weight is 344 g/mol. The number of halogens is 1. The third-order valence-electron chi connectivity index (χ3n) is 3.54. The first-order valence-electron chi connectivity index (χ1n) is 7.04. The van der Waals surface area contributed by atoms with Crippen molar-refractivity contribution in [3.8, 4) is 0 Å². The van der Waals surface area contributed by atoms with E-state index in [0.717, 1.165) is 13.0 Å². The van der Waals surface area contributed by atoms with Crippen molar-refractivity contribution in [3.63, 3.8) is 0 Å². The third-order valence-corrected chi connectivity index (χ3v) is 4.51. The Morgan fingerprint density at radius 2 is 2.20 bits per heavy atom. The highest BCUT2D eigenvalue weighted by atomic mass is 79.9. The van der Waals surface area contributed by atoms with Crippen molar-refractivity contribution in [2.75, 3.05) is 11.9 Å². The Hall–Kier alpha value is -1.17. The van der Waals surface area contributed by atoms with Crippen molar-refractivity contribution in [3.05, 3.63) is 26.3 Å². The van der Waals surface area contributed by atoms with Gasteiger partial charge in [0.15, 0.2) is 0 Å². The minimum absolute atomic E-state index is 0.0421. The molecule has 0 spiro atoms. The summed E-state index contributed by atoms with van der Waals surface area (Å²) in [6, 6.07) is 0. The quantitative estimate of drug-likeness (QED) is 0.549. The largest absolute Gasteiger partial charge is 0.369 e. The number of nitrogens with zero attached hydrogens (tertiary/aromatic N) is 2. The number of nitro groups is 1. The molecule has 0 aliphatic rings. The summed E-state index contributed by atoms with van der Waals surface area (Å²) in [5.74, 6) is 1.29. The van der Waals surface area contributed by atoms with Crippen LogP contribution in [0.15, 0.2) is 10.7 Å². The predicted octanol–water partition coefficient (Wildman–Crippen LogP) is 4.69. The Kier molecular flexibility index (Phi) is 6.91. The molecule has 1 atom stereocenters. The lowest BCUT2D eigenvalue weighted by Gasteiger charge is -2.16. The van der Waals surface area contributed by atoms with Gasteiger partial charge in [-0.3, -0.25) is 10.1 Å². The smallest absolute Gasteiger partial charge is 0.291 e. The summed E-state index contributed by atoms with van der Waals surface area (Å²) in [4.78, 5) is 14.6. The van der Waals surface area contributed by atoms with E-state index in [2.05, 4.69) is 40.1 Å². The number of unbranched alkanes of at least 4 members (excludes halogenated alkanes) is 1. The van der Waals surface area contributed by atoms with Crippen LogP contribution >= 0.6 is 15.9 Å². The number of aromatic nitrogens is 1. The number of pyridine rings is 1. The summed E-state index contributed by atoms with van der Waals surface area (Å²) < 4.78 is 0.678. The van der Waals surface area contributed by atoms with E-state index in [4.69, 9.17) is 0 Å². The summed E-state index contributed by atoms with van der Waals surface area (Å²) in [6.07, 6.45) is 6.07. The lowest BCUT2D eigenvalue weighted by molar-refractivity contribution is -0.385. The molecular weight excluding hydrogens is 322 g/mol. The van der Waals surface area contributed by atoms with Crippen molar-refractivity contribution in [2.24, 2.45) is 5.92 Å². The topological polar surface area (TPSA) is 68.1 Å². The molecule has 6 heteroatoms. The van der Waals surface area contributed by atoms with E-state index in [1.807, 2.05) is 0 Å². The summed E-state index contributed by atoms with van der Waals surface area (Å²) in [5, 5.41) is 14.1. The van der Waals surface area contributed by atoms with Crippen LogP contribution in [0.25, 0.3) is 0 Å². The van der Waals surface area contributed by atoms with Gasteiger partial charge in [0.2, 0.25) is 0 Å². The van der Waals surface area contributed by atoms with Gasteiger partial charge in [-0.1, -0.05) is 33.1 Å². The molecule has 0 aliphatic heterocycles. The average Bonchev–Trinajstić information content (AvgIpc) is 2.43. The lowest BCUT2D eigenvalue weighted by Crippen LogP contribution is -2.15. The molecular formula is C14H22BrN3O2. The second-order valence-electron chi connectivity index (χ2n) is 4.99. The number of rotatable bonds is 8. The fourth-order valence-electron chi connectivity index (χ4n) is 2.06. The van der Waals surface area contributed by atoms with Crippen LogP contribution in [0.4, 0.5) is 11.5 Å². The minimum atomic E-state index is -0.410. The minimum Gasteiger partial charge on any atom is -0.369 e. The Morgan fingerprint density at radius 3 is 2.75 bits per heavy atom. The molecule has 0 aromatic carbocycles. The molecule has 20 heavy (non-hydrogen) atoms. The fraction of sp³-hybridized carbons (Fsp3) is 0.643. The van der Waals surface area contributed by atoms with Crippen molar-refractivity contribution in [1.29, 1.82) is 0 Å². The van der Waals surface area contributed by atoms with Gasteiger partial charge in [0.25, 0.3) is 5.69 Å². The molecule has 1 unspecified atom stereocenters. The molecule has 0 radical (unpaired) electrons. The van der Waals surface area contributed by atoms with Gasteiger partial charge in [-0.05, 0) is 35.2 Å². The van der Waals surface area contributed by atoms with Gasteiger partial charge >= 0.3 is 0 Å². The Bertz CT molecular complexity index is 466. The maximum absolute atomic E-state index is 10.8. The van der Waals surface area contributed by atoms with E-state index in [9.17, 15) is 10.1 Å². The molecule has 1 aromatic rings. The van der Waals surface area contributed by atoms with Gasteiger partial charge in [-0.2, -0.15) is 0 Å². The van der Waals surface area contributed by atoms with Crippen molar-refractivity contribution < 1.29 is 4.92 Å². The van der Waals surface area contributed by atoms with E-state index in [1.54, 1.807) is 6.92 Å². The van der Waals surface area contributed by atoms with Crippen LogP contribution in [-0.4, -0.2) is 16.5 Å². The van der Waals surface area contributed by atoms with E-state index >= 15 is 0 Å². The van der Waals surface area contributed by atoms with Crippen LogP contribution in [0, 0.1) is 23.0 Å². The molecule has 112 valence electrons. The second kappa shape index (κ2) is 8.19. The van der Waals surface area contributed by atoms with Crippen molar-refractivity contribution in [1.82, 2.24) is 4.98 Å². The molecule has 0 fully saturated rings. The van der Waals surface area contributed by atoms with E-state index in [0.29, 0.717) is 21.8 Å². The summed E-state index contributed by atoms with van der Waals surface area (Å²) >= 11 is 3.39. The van der Waals surface area contributed by atoms with Crippen LogP contribution in [-0.2, 0) is 0 Å². The number of hydrogen-bond donors (Lipinski definition) is 1. The van der Waals surface area contributed by atoms with Gasteiger partial charge in [-0.15, -0.1) is 0 Å². The molecule has 5 nitrogen and oxygen atoms in total. The molecule has 0 saturated heterocycles. The molecule has 0 aliphatic carbocycles.